The predicted molar refractivity (Wildman–Crippen MR) is 215 cm³/mol. The number of hydrogen-bond acceptors (Lipinski definition) is 0. The highest BCUT2D eigenvalue weighted by atomic mass is 28.3. The van der Waals surface area contributed by atoms with E-state index in [1.165, 1.54) is 0 Å². The lowest BCUT2D eigenvalue weighted by molar-refractivity contribution is 0.730. The van der Waals surface area contributed by atoms with Gasteiger partial charge in [-0.15, -0.1) is 22.2 Å². The van der Waals surface area contributed by atoms with Crippen molar-refractivity contribution in [2.45, 2.75) is 194 Å². The first-order chi connectivity index (χ1) is 19.5. The minimum atomic E-state index is -1.98. The van der Waals surface area contributed by atoms with Crippen LogP contribution in [0.4, 0.5) is 0 Å². The molecule has 248 valence electrons. The number of hydrogen-bond donors (Lipinski definition) is 0. The molecule has 0 rings (SSSR count). The van der Waals surface area contributed by atoms with E-state index < -0.39 is 32.3 Å². The molecule has 0 spiro atoms. The van der Waals surface area contributed by atoms with Crippen LogP contribution in [0, 0.1) is 45.9 Å². The van der Waals surface area contributed by atoms with E-state index in [-0.39, 0.29) is 10.1 Å². The molecule has 0 heterocycles. The van der Waals surface area contributed by atoms with Gasteiger partial charge >= 0.3 is 0 Å². The zero-order valence-corrected chi connectivity index (χ0v) is 37.5. The maximum absolute atomic E-state index is 4.01. The maximum atomic E-state index is 4.01. The Morgan fingerprint density at radius 1 is 0.364 bits per heavy atom. The molecular formula is C40H72Si4. The lowest BCUT2D eigenvalue weighted by atomic mass is 10.1. The summed E-state index contributed by atoms with van der Waals surface area (Å²) in [7, 11) is -7.74. The quantitative estimate of drug-likeness (QED) is 0.196. The van der Waals surface area contributed by atoms with Crippen LogP contribution in [0.25, 0.3) is 0 Å². The summed E-state index contributed by atoms with van der Waals surface area (Å²) in [4.78, 5) is 0. The third-order valence-electron chi connectivity index (χ3n) is 11.5. The average Bonchev–Trinajstić information content (AvgIpc) is 2.81. The molecule has 0 saturated heterocycles. The van der Waals surface area contributed by atoms with Crippen LogP contribution in [0.15, 0.2) is 11.1 Å². The van der Waals surface area contributed by atoms with Gasteiger partial charge in [-0.3, -0.25) is 0 Å². The first-order valence-electron chi connectivity index (χ1n) is 17.4. The van der Waals surface area contributed by atoms with Gasteiger partial charge in [0, 0.05) is 0 Å². The van der Waals surface area contributed by atoms with E-state index in [1.54, 1.807) is 0 Å². The second-order valence-electron chi connectivity index (χ2n) is 18.3. The van der Waals surface area contributed by atoms with Crippen molar-refractivity contribution in [1.29, 1.82) is 0 Å². The Labute approximate surface area is 282 Å². The van der Waals surface area contributed by atoms with Crippen molar-refractivity contribution >= 4 is 32.3 Å². The molecule has 0 aliphatic carbocycles. The van der Waals surface area contributed by atoms with Crippen molar-refractivity contribution in [3.05, 3.63) is 11.1 Å². The molecule has 0 N–H and O–H groups in total. The van der Waals surface area contributed by atoms with Crippen LogP contribution in [0.3, 0.4) is 0 Å². The number of rotatable bonds is 6. The second kappa shape index (κ2) is 15.6. The molecule has 0 aliphatic heterocycles. The molecule has 0 atom stereocenters. The van der Waals surface area contributed by atoms with E-state index in [9.17, 15) is 0 Å². The fourth-order valence-electron chi connectivity index (χ4n) is 6.33. The van der Waals surface area contributed by atoms with E-state index in [1.807, 2.05) is 0 Å². The van der Waals surface area contributed by atoms with Crippen molar-refractivity contribution in [3.63, 3.8) is 0 Å². The van der Waals surface area contributed by atoms with Crippen LogP contribution >= 0.6 is 0 Å². The highest BCUT2D eigenvalue weighted by molar-refractivity contribution is 6.91. The van der Waals surface area contributed by atoms with Crippen molar-refractivity contribution in [1.82, 2.24) is 0 Å². The first kappa shape index (κ1) is 42.8. The Morgan fingerprint density at radius 3 is 0.705 bits per heavy atom. The Bertz CT molecular complexity index is 1110. The van der Waals surface area contributed by atoms with Gasteiger partial charge in [0.2, 0.25) is 0 Å². The van der Waals surface area contributed by atoms with Gasteiger partial charge in [-0.25, -0.2) is 0 Å². The fourth-order valence-corrected chi connectivity index (χ4v) is 18.4. The highest BCUT2D eigenvalue weighted by Crippen LogP contribution is 2.42. The van der Waals surface area contributed by atoms with Gasteiger partial charge in [0.25, 0.3) is 0 Å². The van der Waals surface area contributed by atoms with Crippen LogP contribution in [-0.4, -0.2) is 32.3 Å². The zero-order valence-electron chi connectivity index (χ0n) is 33.5. The summed E-state index contributed by atoms with van der Waals surface area (Å²) in [5.74, 6) is 15.0. The van der Waals surface area contributed by atoms with E-state index in [0.29, 0.717) is 33.2 Å². The SMILES string of the molecule is CC(C)[Si](C#C/C(C#C[Si](C)(C)C(C)(C)C)=C(\C#C[Si](C(C)C)(C(C)C)C(C)C)C#C[Si](C)(C)C(C)(C)C)(C(C)C)C(C)C. The lowest BCUT2D eigenvalue weighted by Gasteiger charge is -2.38. The van der Waals surface area contributed by atoms with Crippen LogP contribution < -0.4 is 0 Å². The largest absolute Gasteiger partial charge is 0.146 e. The molecule has 0 unspecified atom stereocenters. The maximum Gasteiger partial charge on any atom is 0.146 e. The van der Waals surface area contributed by atoms with E-state index in [4.69, 9.17) is 0 Å². The van der Waals surface area contributed by atoms with Gasteiger partial charge in [-0.2, -0.15) is 0 Å². The Hall–Kier alpha value is -1.15. The van der Waals surface area contributed by atoms with Gasteiger partial charge in [0.15, 0.2) is 0 Å². The Balaban J connectivity index is 8.52. The molecule has 0 bridgehead atoms. The minimum absolute atomic E-state index is 0.165. The van der Waals surface area contributed by atoms with Crippen LogP contribution in [0.2, 0.25) is 69.5 Å². The van der Waals surface area contributed by atoms with Gasteiger partial charge in [0.05, 0.1) is 11.1 Å². The molecule has 0 fully saturated rings. The Kier molecular flexibility index (Phi) is 15.2. The van der Waals surface area contributed by atoms with Crippen LogP contribution in [0.5, 0.6) is 0 Å². The molecule has 0 amide bonds. The van der Waals surface area contributed by atoms with Gasteiger partial charge in [0.1, 0.15) is 32.3 Å². The van der Waals surface area contributed by atoms with Crippen molar-refractivity contribution in [3.8, 4) is 45.9 Å². The normalized spacial score (nSPS) is 14.1. The highest BCUT2D eigenvalue weighted by Gasteiger charge is 2.43. The summed E-state index contributed by atoms with van der Waals surface area (Å²) >= 11 is 0. The molecule has 4 heteroatoms. The first-order valence-corrected chi connectivity index (χ1v) is 27.9. The smallest absolute Gasteiger partial charge is 0.125 e. The molecule has 0 aliphatic rings. The van der Waals surface area contributed by atoms with Crippen LogP contribution in [-0.2, 0) is 0 Å². The van der Waals surface area contributed by atoms with Crippen molar-refractivity contribution in [2.24, 2.45) is 0 Å². The monoisotopic (exact) mass is 664 g/mol. The summed E-state index contributed by atoms with van der Waals surface area (Å²) < 4.78 is 0. The van der Waals surface area contributed by atoms with Gasteiger partial charge in [-0.1, -0.05) is 174 Å². The second-order valence-corrected chi connectivity index (χ2v) is 39.5. The molecule has 44 heavy (non-hydrogen) atoms. The average molecular weight is 665 g/mol. The third kappa shape index (κ3) is 9.92. The van der Waals surface area contributed by atoms with Gasteiger partial charge < -0.3 is 0 Å². The predicted octanol–water partition coefficient (Wildman–Crippen LogP) is 12.8. The zero-order chi connectivity index (χ0) is 35.3. The molecule has 0 radical (unpaired) electrons. The number of allylic oxidation sites excluding steroid dienone is 2. The summed E-state index contributed by atoms with van der Waals surface area (Å²) in [6, 6.07) is 0. The van der Waals surface area contributed by atoms with Crippen molar-refractivity contribution < 1.29 is 0 Å². The fraction of sp³-hybridized carbons (Fsp3) is 0.750. The topological polar surface area (TPSA) is 0 Å². The standard InChI is InChI=1S/C40H72Si4/c1-31(2)43(32(3)4,33(5)6)29-25-37(23-27-41(19,20)39(13,14)15)38(24-28-42(21,22)40(16,17)18)26-30-44(34(7)8,35(9)10)36(11)12/h31-36H,1-22H3/b38-37-. The summed E-state index contributed by atoms with van der Waals surface area (Å²) in [5.41, 5.74) is 20.8. The molecular weight excluding hydrogens is 593 g/mol. The Morgan fingerprint density at radius 2 is 0.545 bits per heavy atom. The molecule has 0 aromatic rings. The van der Waals surface area contributed by atoms with Crippen LogP contribution in [0.1, 0.15) is 125 Å². The summed E-state index contributed by atoms with van der Waals surface area (Å²) in [6.07, 6.45) is 0. The van der Waals surface area contributed by atoms with E-state index in [0.717, 1.165) is 11.1 Å². The molecule has 0 saturated carbocycles. The third-order valence-corrected chi connectivity index (χ3v) is 33.1. The lowest BCUT2D eigenvalue weighted by Crippen LogP contribution is -2.43. The van der Waals surface area contributed by atoms with Gasteiger partial charge in [-0.05, 0) is 43.3 Å². The molecule has 0 aromatic heterocycles. The van der Waals surface area contributed by atoms with Crippen molar-refractivity contribution in [2.75, 3.05) is 0 Å². The summed E-state index contributed by atoms with van der Waals surface area (Å²) in [5, 5.41) is 0.330. The summed E-state index contributed by atoms with van der Waals surface area (Å²) in [6.45, 7) is 52.2. The van der Waals surface area contributed by atoms with E-state index >= 15 is 0 Å². The molecule has 0 nitrogen and oxygen atoms in total. The minimum Gasteiger partial charge on any atom is -0.125 e. The van der Waals surface area contributed by atoms with E-state index in [2.05, 4.69) is 197 Å². The molecule has 0 aromatic carbocycles.